The average molecular weight is 631 g/mol. The summed E-state index contributed by atoms with van der Waals surface area (Å²) in [5.41, 5.74) is 2.01. The first kappa shape index (κ1) is 31.2. The Balaban J connectivity index is 2.02. The van der Waals surface area contributed by atoms with Gasteiger partial charge in [-0.25, -0.2) is 8.42 Å². The van der Waals surface area contributed by atoms with E-state index in [9.17, 15) is 18.0 Å². The number of anilines is 1. The molecule has 3 aromatic rings. The van der Waals surface area contributed by atoms with Crippen molar-refractivity contribution in [2.24, 2.45) is 0 Å². The quantitative estimate of drug-likeness (QED) is 0.294. The highest BCUT2D eigenvalue weighted by Gasteiger charge is 2.33. The second-order valence-corrected chi connectivity index (χ2v) is 12.5. The van der Waals surface area contributed by atoms with Crippen LogP contribution in [0.2, 0.25) is 0 Å². The smallest absolute Gasteiger partial charge is 0.244 e. The van der Waals surface area contributed by atoms with Crippen LogP contribution in [-0.2, 0) is 32.6 Å². The van der Waals surface area contributed by atoms with Crippen LogP contribution >= 0.6 is 15.9 Å². The third-order valence-electron chi connectivity index (χ3n) is 6.08. The van der Waals surface area contributed by atoms with E-state index in [1.807, 2.05) is 75.4 Å². The molecule has 10 heteroatoms. The van der Waals surface area contributed by atoms with Gasteiger partial charge in [-0.3, -0.25) is 13.9 Å². The van der Waals surface area contributed by atoms with E-state index in [4.69, 9.17) is 4.74 Å². The molecule has 0 spiro atoms. The number of rotatable bonds is 13. The van der Waals surface area contributed by atoms with Crippen LogP contribution in [0.25, 0.3) is 0 Å². The van der Waals surface area contributed by atoms with Crippen LogP contribution in [0.1, 0.15) is 31.9 Å². The molecule has 0 bridgehead atoms. The van der Waals surface area contributed by atoms with Gasteiger partial charge in [0.15, 0.2) is 0 Å². The number of carbonyl (C=O) groups is 2. The number of carbonyl (C=O) groups excluding carboxylic acids is 2. The molecule has 0 heterocycles. The summed E-state index contributed by atoms with van der Waals surface area (Å²) in [4.78, 5) is 29.1. The van der Waals surface area contributed by atoms with Gasteiger partial charge >= 0.3 is 0 Å². The molecule has 8 nitrogen and oxygen atoms in total. The summed E-state index contributed by atoms with van der Waals surface area (Å²) in [6.07, 6.45) is 1.33. The number of sulfonamides is 1. The molecular formula is C30H36BrN3O5S. The summed E-state index contributed by atoms with van der Waals surface area (Å²) in [5.74, 6) is -0.213. The number of nitrogens with one attached hydrogen (secondary N) is 1. The van der Waals surface area contributed by atoms with Gasteiger partial charge in [0.1, 0.15) is 18.3 Å². The van der Waals surface area contributed by atoms with Crippen LogP contribution in [0.3, 0.4) is 0 Å². The van der Waals surface area contributed by atoms with Crippen LogP contribution < -0.4 is 14.4 Å². The topological polar surface area (TPSA) is 96.0 Å². The van der Waals surface area contributed by atoms with E-state index in [0.29, 0.717) is 18.0 Å². The molecule has 214 valence electrons. The van der Waals surface area contributed by atoms with Crippen molar-refractivity contribution in [2.75, 3.05) is 23.7 Å². The molecule has 0 aliphatic carbocycles. The first-order valence-corrected chi connectivity index (χ1v) is 15.7. The summed E-state index contributed by atoms with van der Waals surface area (Å²) in [6.45, 7) is 5.70. The van der Waals surface area contributed by atoms with E-state index < -0.39 is 28.5 Å². The zero-order valence-electron chi connectivity index (χ0n) is 23.2. The molecule has 0 fully saturated rings. The maximum absolute atomic E-state index is 14.0. The highest BCUT2D eigenvalue weighted by Crippen LogP contribution is 2.23. The SMILES string of the molecule is CCOc1ccc(N(CC(=O)N(Cc2ccc(Br)cc2)[C@H](Cc2ccccc2)C(=O)NC(C)C)S(C)(=O)=O)cc1. The molecule has 0 aliphatic heterocycles. The van der Waals surface area contributed by atoms with Crippen molar-refractivity contribution in [3.63, 3.8) is 0 Å². The molecule has 1 atom stereocenters. The summed E-state index contributed by atoms with van der Waals surface area (Å²) in [6, 6.07) is 22.4. The van der Waals surface area contributed by atoms with Crippen molar-refractivity contribution in [1.82, 2.24) is 10.2 Å². The Morgan fingerprint density at radius 1 is 0.925 bits per heavy atom. The molecule has 2 amide bonds. The Hall–Kier alpha value is -3.37. The van der Waals surface area contributed by atoms with E-state index in [0.717, 1.165) is 26.2 Å². The number of nitrogens with zero attached hydrogens (tertiary/aromatic N) is 2. The van der Waals surface area contributed by atoms with E-state index in [1.54, 1.807) is 24.3 Å². The molecule has 1 N–H and O–H groups in total. The molecule has 40 heavy (non-hydrogen) atoms. The monoisotopic (exact) mass is 629 g/mol. The molecule has 0 aromatic heterocycles. The Labute approximate surface area is 245 Å². The summed E-state index contributed by atoms with van der Waals surface area (Å²) in [5, 5.41) is 2.94. The number of ether oxygens (including phenoxy) is 1. The minimum absolute atomic E-state index is 0.121. The fourth-order valence-electron chi connectivity index (χ4n) is 4.21. The Morgan fingerprint density at radius 3 is 2.10 bits per heavy atom. The molecular weight excluding hydrogens is 594 g/mol. The highest BCUT2D eigenvalue weighted by atomic mass is 79.9. The lowest BCUT2D eigenvalue weighted by Gasteiger charge is -2.34. The van der Waals surface area contributed by atoms with Crippen LogP contribution in [0.4, 0.5) is 5.69 Å². The van der Waals surface area contributed by atoms with Crippen LogP contribution in [-0.4, -0.2) is 56.6 Å². The lowest BCUT2D eigenvalue weighted by molar-refractivity contribution is -0.140. The Bertz CT molecular complexity index is 1360. The fraction of sp³-hybridized carbons (Fsp3) is 0.333. The summed E-state index contributed by atoms with van der Waals surface area (Å²) in [7, 11) is -3.84. The van der Waals surface area contributed by atoms with Gasteiger partial charge in [0.05, 0.1) is 18.6 Å². The maximum Gasteiger partial charge on any atom is 0.244 e. The summed E-state index contributed by atoms with van der Waals surface area (Å²) >= 11 is 3.43. The van der Waals surface area contributed by atoms with Gasteiger partial charge in [-0.15, -0.1) is 0 Å². The van der Waals surface area contributed by atoms with Crippen molar-refractivity contribution in [3.8, 4) is 5.75 Å². The lowest BCUT2D eigenvalue weighted by atomic mass is 10.0. The van der Waals surface area contributed by atoms with E-state index in [2.05, 4.69) is 21.2 Å². The number of hydrogen-bond donors (Lipinski definition) is 1. The Morgan fingerprint density at radius 2 is 1.55 bits per heavy atom. The van der Waals surface area contributed by atoms with Crippen molar-refractivity contribution in [2.45, 2.75) is 45.8 Å². The van der Waals surface area contributed by atoms with Crippen molar-refractivity contribution < 1.29 is 22.7 Å². The van der Waals surface area contributed by atoms with Gasteiger partial charge in [-0.2, -0.15) is 0 Å². The van der Waals surface area contributed by atoms with Crippen molar-refractivity contribution in [3.05, 3.63) is 94.5 Å². The number of benzene rings is 3. The van der Waals surface area contributed by atoms with E-state index in [-0.39, 0.29) is 24.9 Å². The van der Waals surface area contributed by atoms with Crippen molar-refractivity contribution in [1.29, 1.82) is 0 Å². The van der Waals surface area contributed by atoms with Gasteiger partial charge in [0, 0.05) is 23.5 Å². The third kappa shape index (κ3) is 9.09. The third-order valence-corrected chi connectivity index (χ3v) is 7.75. The molecule has 0 aliphatic rings. The fourth-order valence-corrected chi connectivity index (χ4v) is 5.32. The van der Waals surface area contributed by atoms with Gasteiger partial charge in [0.2, 0.25) is 21.8 Å². The molecule has 0 saturated carbocycles. The second-order valence-electron chi connectivity index (χ2n) is 9.71. The zero-order valence-corrected chi connectivity index (χ0v) is 25.6. The first-order chi connectivity index (χ1) is 19.0. The number of amides is 2. The van der Waals surface area contributed by atoms with Crippen LogP contribution in [0.15, 0.2) is 83.3 Å². The van der Waals surface area contributed by atoms with E-state index >= 15 is 0 Å². The van der Waals surface area contributed by atoms with Gasteiger partial charge in [-0.05, 0) is 68.3 Å². The number of hydrogen-bond acceptors (Lipinski definition) is 5. The molecule has 0 unspecified atom stereocenters. The second kappa shape index (κ2) is 14.3. The standard InChI is InChI=1S/C30H36BrN3O5S/c1-5-39-27-17-15-26(16-18-27)34(40(4,37)38)21-29(35)33(20-24-11-13-25(31)14-12-24)28(30(36)32-22(2)3)19-23-9-7-6-8-10-23/h6-18,22,28H,5,19-21H2,1-4H3,(H,32,36)/t28-/m1/s1. The first-order valence-electron chi connectivity index (χ1n) is 13.1. The number of halogens is 1. The normalized spacial score (nSPS) is 12.1. The lowest BCUT2D eigenvalue weighted by Crippen LogP contribution is -2.54. The predicted octanol–water partition coefficient (Wildman–Crippen LogP) is 4.78. The van der Waals surface area contributed by atoms with Gasteiger partial charge in [-0.1, -0.05) is 58.4 Å². The van der Waals surface area contributed by atoms with Gasteiger partial charge < -0.3 is 15.0 Å². The zero-order chi connectivity index (χ0) is 29.3. The van der Waals surface area contributed by atoms with Crippen molar-refractivity contribution >= 4 is 43.5 Å². The average Bonchev–Trinajstić information content (AvgIpc) is 2.90. The molecule has 3 aromatic carbocycles. The minimum Gasteiger partial charge on any atom is -0.494 e. The van der Waals surface area contributed by atoms with E-state index in [1.165, 1.54) is 4.90 Å². The molecule has 0 radical (unpaired) electrons. The van der Waals surface area contributed by atoms with Crippen LogP contribution in [0, 0.1) is 0 Å². The largest absolute Gasteiger partial charge is 0.494 e. The molecule has 0 saturated heterocycles. The Kier molecular flexibility index (Phi) is 11.2. The summed E-state index contributed by atoms with van der Waals surface area (Å²) < 4.78 is 33.2. The maximum atomic E-state index is 14.0. The molecule has 3 rings (SSSR count). The highest BCUT2D eigenvalue weighted by molar-refractivity contribution is 9.10. The predicted molar refractivity (Wildman–Crippen MR) is 162 cm³/mol. The van der Waals surface area contributed by atoms with Gasteiger partial charge in [0.25, 0.3) is 0 Å². The van der Waals surface area contributed by atoms with Crippen LogP contribution in [0.5, 0.6) is 5.75 Å². The minimum atomic E-state index is -3.84.